The monoisotopic (exact) mass is 428 g/mol. The Morgan fingerprint density at radius 1 is 1.07 bits per heavy atom. The Morgan fingerprint density at radius 2 is 1.70 bits per heavy atom. The molecule has 0 heterocycles. The van der Waals surface area contributed by atoms with Crippen molar-refractivity contribution in [1.82, 2.24) is 0 Å². The maximum atomic E-state index is 11.1. The number of carbonyl (C=O) groups is 1. The molecule has 2 amide bonds. The SMILES string of the molecule is Cc1cc(Cl)c(OCCCCCOc2cccc(N(S)C(N)=O)c2)c(Cl)c1. The number of nitrogens with two attached hydrogens (primary N) is 1. The number of carbonyl (C=O) groups excluding carboxylic acids is 1. The van der Waals surface area contributed by atoms with Crippen LogP contribution in [0.5, 0.6) is 11.5 Å². The summed E-state index contributed by atoms with van der Waals surface area (Å²) in [6.07, 6.45) is 2.65. The molecule has 0 bridgehead atoms. The van der Waals surface area contributed by atoms with Crippen molar-refractivity contribution in [2.75, 3.05) is 17.5 Å². The molecule has 27 heavy (non-hydrogen) atoms. The Morgan fingerprint density at radius 3 is 2.33 bits per heavy atom. The standard InChI is InChI=1S/C19H22Cl2N2O3S/c1-13-10-16(20)18(17(21)11-13)26-9-4-2-3-8-25-15-7-5-6-14(12-15)23(27)19(22)24/h5-7,10-12,27H,2-4,8-9H2,1H3,(H2,22,24). The number of rotatable bonds is 9. The van der Waals surface area contributed by atoms with E-state index in [1.807, 2.05) is 25.1 Å². The third kappa shape index (κ3) is 6.72. The van der Waals surface area contributed by atoms with Gasteiger partial charge in [0.1, 0.15) is 5.75 Å². The molecule has 146 valence electrons. The predicted octanol–water partition coefficient (Wildman–Crippen LogP) is 5.66. The zero-order valence-corrected chi connectivity index (χ0v) is 17.4. The van der Waals surface area contributed by atoms with Crippen LogP contribution in [0, 0.1) is 6.92 Å². The van der Waals surface area contributed by atoms with Crippen molar-refractivity contribution in [2.24, 2.45) is 5.73 Å². The zero-order chi connectivity index (χ0) is 19.8. The molecule has 0 aliphatic heterocycles. The predicted molar refractivity (Wildman–Crippen MR) is 114 cm³/mol. The Balaban J connectivity index is 1.68. The lowest BCUT2D eigenvalue weighted by molar-refractivity contribution is 0.257. The third-order valence-corrected chi connectivity index (χ3v) is 4.71. The van der Waals surface area contributed by atoms with E-state index < -0.39 is 6.03 Å². The fraction of sp³-hybridized carbons (Fsp3) is 0.316. The number of halogens is 2. The number of benzene rings is 2. The lowest BCUT2D eigenvalue weighted by atomic mass is 10.2. The highest BCUT2D eigenvalue weighted by Gasteiger charge is 2.09. The summed E-state index contributed by atoms with van der Waals surface area (Å²) in [5.74, 6) is 1.19. The minimum atomic E-state index is -0.649. The highest BCUT2D eigenvalue weighted by Crippen LogP contribution is 2.34. The number of thiol groups is 1. The fourth-order valence-electron chi connectivity index (χ4n) is 2.40. The highest BCUT2D eigenvalue weighted by atomic mass is 35.5. The van der Waals surface area contributed by atoms with Gasteiger partial charge in [0.2, 0.25) is 0 Å². The van der Waals surface area contributed by atoms with E-state index in [0.29, 0.717) is 40.4 Å². The van der Waals surface area contributed by atoms with Crippen LogP contribution in [0.15, 0.2) is 36.4 Å². The molecule has 0 saturated carbocycles. The molecule has 0 saturated heterocycles. The molecule has 0 radical (unpaired) electrons. The highest BCUT2D eigenvalue weighted by molar-refractivity contribution is 7.82. The zero-order valence-electron chi connectivity index (χ0n) is 15.0. The van der Waals surface area contributed by atoms with E-state index >= 15 is 0 Å². The topological polar surface area (TPSA) is 64.8 Å². The number of unbranched alkanes of at least 4 members (excludes halogenated alkanes) is 2. The number of hydrogen-bond acceptors (Lipinski definition) is 4. The van der Waals surface area contributed by atoms with E-state index in [0.717, 1.165) is 29.1 Å². The Hall–Kier alpha value is -1.76. The molecule has 0 spiro atoms. The number of ether oxygens (including phenoxy) is 2. The van der Waals surface area contributed by atoms with Gasteiger partial charge in [0.15, 0.2) is 5.75 Å². The van der Waals surface area contributed by atoms with Gasteiger partial charge in [0.25, 0.3) is 0 Å². The number of urea groups is 1. The molecule has 2 aromatic carbocycles. The van der Waals surface area contributed by atoms with Crippen LogP contribution in [-0.4, -0.2) is 19.2 Å². The van der Waals surface area contributed by atoms with Crippen LogP contribution in [-0.2, 0) is 0 Å². The number of hydrogen-bond donors (Lipinski definition) is 2. The minimum absolute atomic E-state index is 0.525. The molecular weight excluding hydrogens is 407 g/mol. The molecule has 0 fully saturated rings. The van der Waals surface area contributed by atoms with Crippen LogP contribution in [0.1, 0.15) is 24.8 Å². The van der Waals surface area contributed by atoms with Gasteiger partial charge in [-0.15, -0.1) is 0 Å². The maximum absolute atomic E-state index is 11.1. The summed E-state index contributed by atoms with van der Waals surface area (Å²) in [6, 6.07) is 10.0. The van der Waals surface area contributed by atoms with Crippen molar-refractivity contribution in [2.45, 2.75) is 26.2 Å². The van der Waals surface area contributed by atoms with Crippen LogP contribution < -0.4 is 19.5 Å². The second kappa shape index (κ2) is 10.5. The van der Waals surface area contributed by atoms with Crippen molar-refractivity contribution >= 4 is 47.7 Å². The van der Waals surface area contributed by atoms with E-state index in [9.17, 15) is 4.79 Å². The summed E-state index contributed by atoms with van der Waals surface area (Å²) < 4.78 is 12.4. The molecule has 0 unspecified atom stereocenters. The summed E-state index contributed by atoms with van der Waals surface area (Å²) >= 11 is 16.3. The molecule has 2 N–H and O–H groups in total. The van der Waals surface area contributed by atoms with E-state index in [1.165, 1.54) is 0 Å². The van der Waals surface area contributed by atoms with Gasteiger partial charge in [-0.25, -0.2) is 9.10 Å². The van der Waals surface area contributed by atoms with E-state index in [4.69, 9.17) is 38.4 Å². The third-order valence-electron chi connectivity index (χ3n) is 3.72. The molecule has 5 nitrogen and oxygen atoms in total. The largest absolute Gasteiger partial charge is 0.494 e. The number of amides is 2. The van der Waals surface area contributed by atoms with Crippen LogP contribution in [0.4, 0.5) is 10.5 Å². The first kappa shape index (κ1) is 21.5. The number of aryl methyl sites for hydroxylation is 1. The Labute approximate surface area is 174 Å². The number of nitrogens with zero attached hydrogens (tertiary/aromatic N) is 1. The minimum Gasteiger partial charge on any atom is -0.494 e. The molecule has 2 rings (SSSR count). The van der Waals surface area contributed by atoms with Gasteiger partial charge >= 0.3 is 6.03 Å². The summed E-state index contributed by atoms with van der Waals surface area (Å²) in [6.45, 7) is 3.02. The van der Waals surface area contributed by atoms with Crippen LogP contribution in [0.3, 0.4) is 0 Å². The van der Waals surface area contributed by atoms with Gasteiger partial charge in [-0.05, 0) is 56.0 Å². The first-order valence-corrected chi connectivity index (χ1v) is 9.64. The lowest BCUT2D eigenvalue weighted by Gasteiger charge is -2.14. The van der Waals surface area contributed by atoms with E-state index in [1.54, 1.807) is 18.2 Å². The average Bonchev–Trinajstić information content (AvgIpc) is 2.62. The Kier molecular flexibility index (Phi) is 8.41. The van der Waals surface area contributed by atoms with Crippen molar-refractivity contribution in [3.8, 4) is 11.5 Å². The van der Waals surface area contributed by atoms with Gasteiger partial charge in [-0.1, -0.05) is 42.1 Å². The maximum Gasteiger partial charge on any atom is 0.329 e. The van der Waals surface area contributed by atoms with Crippen molar-refractivity contribution in [1.29, 1.82) is 0 Å². The smallest absolute Gasteiger partial charge is 0.329 e. The van der Waals surface area contributed by atoms with Crippen LogP contribution >= 0.6 is 36.0 Å². The summed E-state index contributed by atoms with van der Waals surface area (Å²) in [4.78, 5) is 11.1. The lowest BCUT2D eigenvalue weighted by Crippen LogP contribution is -2.27. The second-order valence-corrected chi connectivity index (χ2v) is 7.18. The fourth-order valence-corrected chi connectivity index (χ4v) is 3.23. The molecule has 8 heteroatoms. The van der Waals surface area contributed by atoms with Gasteiger partial charge in [-0.3, -0.25) is 0 Å². The van der Waals surface area contributed by atoms with Crippen molar-refractivity contribution in [3.05, 3.63) is 52.0 Å². The molecular formula is C19H22Cl2N2O3S. The quantitative estimate of drug-likeness (QED) is 0.399. The average molecular weight is 429 g/mol. The summed E-state index contributed by atoms with van der Waals surface area (Å²) in [5, 5.41) is 1.05. The van der Waals surface area contributed by atoms with Gasteiger partial charge in [0.05, 0.1) is 28.9 Å². The Bertz CT molecular complexity index is 766. The van der Waals surface area contributed by atoms with Gasteiger partial charge in [-0.2, -0.15) is 0 Å². The van der Waals surface area contributed by atoms with Crippen LogP contribution in [0.25, 0.3) is 0 Å². The van der Waals surface area contributed by atoms with E-state index in [-0.39, 0.29) is 0 Å². The normalized spacial score (nSPS) is 10.5. The van der Waals surface area contributed by atoms with Gasteiger partial charge < -0.3 is 15.2 Å². The molecule has 0 aromatic heterocycles. The number of primary amides is 1. The van der Waals surface area contributed by atoms with Crippen molar-refractivity contribution < 1.29 is 14.3 Å². The van der Waals surface area contributed by atoms with Crippen LogP contribution in [0.2, 0.25) is 10.0 Å². The van der Waals surface area contributed by atoms with Gasteiger partial charge in [0, 0.05) is 6.07 Å². The molecule has 0 aliphatic carbocycles. The summed E-state index contributed by atoms with van der Waals surface area (Å²) in [5.41, 5.74) is 6.75. The first-order valence-electron chi connectivity index (χ1n) is 8.48. The van der Waals surface area contributed by atoms with E-state index in [2.05, 4.69) is 12.8 Å². The molecule has 2 aromatic rings. The first-order chi connectivity index (χ1) is 12.9. The summed E-state index contributed by atoms with van der Waals surface area (Å²) in [7, 11) is 0. The number of anilines is 1. The molecule has 0 atom stereocenters. The van der Waals surface area contributed by atoms with Crippen molar-refractivity contribution in [3.63, 3.8) is 0 Å². The second-order valence-electron chi connectivity index (χ2n) is 5.96. The molecule has 0 aliphatic rings.